The van der Waals surface area contributed by atoms with Crippen molar-refractivity contribution in [3.05, 3.63) is 29.5 Å². The van der Waals surface area contributed by atoms with Gasteiger partial charge in [-0.25, -0.2) is 0 Å². The highest BCUT2D eigenvalue weighted by molar-refractivity contribution is 6.12. The molecule has 0 spiro atoms. The van der Waals surface area contributed by atoms with Gasteiger partial charge in [0.1, 0.15) is 11.2 Å². The molecule has 4 unspecified atom stereocenters. The summed E-state index contributed by atoms with van der Waals surface area (Å²) in [6.45, 7) is 3.42. The van der Waals surface area contributed by atoms with E-state index in [9.17, 15) is 9.59 Å². The van der Waals surface area contributed by atoms with Crippen LogP contribution in [0, 0.1) is 11.8 Å². The second-order valence-corrected chi connectivity index (χ2v) is 8.52. The van der Waals surface area contributed by atoms with Gasteiger partial charge in [-0.3, -0.25) is 14.5 Å². The van der Waals surface area contributed by atoms with Crippen molar-refractivity contribution in [2.45, 2.75) is 37.6 Å². The Labute approximate surface area is 164 Å². The lowest BCUT2D eigenvalue weighted by Gasteiger charge is -2.57. The third-order valence-electron chi connectivity index (χ3n) is 7.24. The lowest BCUT2D eigenvalue weighted by molar-refractivity contribution is -0.162. The maximum absolute atomic E-state index is 13.4. The van der Waals surface area contributed by atoms with Crippen LogP contribution in [-0.2, 0) is 14.9 Å². The van der Waals surface area contributed by atoms with Crippen LogP contribution in [0.15, 0.2) is 18.2 Å². The smallest absolute Gasteiger partial charge is 0.319 e. The molecule has 3 aliphatic heterocycles. The van der Waals surface area contributed by atoms with E-state index in [1.54, 1.807) is 7.11 Å². The minimum atomic E-state index is -0.815. The fraction of sp³-hybridized carbons (Fsp3) is 0.545. The number of ether oxygens (including phenoxy) is 2. The number of esters is 1. The van der Waals surface area contributed by atoms with Gasteiger partial charge >= 0.3 is 5.97 Å². The minimum absolute atomic E-state index is 0.00453. The largest absolute Gasteiger partial charge is 0.497 e. The van der Waals surface area contributed by atoms with Gasteiger partial charge in [0, 0.05) is 34.7 Å². The highest BCUT2D eigenvalue weighted by atomic mass is 16.5. The Hall–Kier alpha value is -2.34. The van der Waals surface area contributed by atoms with Crippen LogP contribution >= 0.6 is 0 Å². The second kappa shape index (κ2) is 6.08. The van der Waals surface area contributed by atoms with Gasteiger partial charge in [0.2, 0.25) is 0 Å². The van der Waals surface area contributed by atoms with Crippen molar-refractivity contribution in [2.24, 2.45) is 11.8 Å². The molecule has 0 radical (unpaired) electrons. The van der Waals surface area contributed by atoms with E-state index in [0.717, 1.165) is 42.4 Å². The topological polar surface area (TPSA) is 71.6 Å². The Morgan fingerprint density at radius 1 is 1.36 bits per heavy atom. The van der Waals surface area contributed by atoms with Gasteiger partial charge < -0.3 is 14.5 Å². The van der Waals surface area contributed by atoms with E-state index >= 15 is 0 Å². The zero-order valence-electron chi connectivity index (χ0n) is 16.6. The molecule has 2 aromatic rings. The Morgan fingerprint density at radius 2 is 2.18 bits per heavy atom. The Balaban J connectivity index is 1.83. The summed E-state index contributed by atoms with van der Waals surface area (Å²) in [6.07, 6.45) is 2.85. The number of aromatic nitrogens is 1. The predicted octanol–water partition coefficient (Wildman–Crippen LogP) is 2.90. The van der Waals surface area contributed by atoms with Gasteiger partial charge in [-0.2, -0.15) is 0 Å². The van der Waals surface area contributed by atoms with Gasteiger partial charge in [0.15, 0.2) is 5.78 Å². The first-order valence-corrected chi connectivity index (χ1v) is 10.1. The summed E-state index contributed by atoms with van der Waals surface area (Å²) in [5.41, 5.74) is 1.45. The number of ketones is 1. The first-order valence-electron chi connectivity index (χ1n) is 10.1. The average molecular weight is 382 g/mol. The van der Waals surface area contributed by atoms with E-state index in [0.29, 0.717) is 29.7 Å². The molecule has 6 heteroatoms. The number of carbonyl (C=O) groups excluding carboxylic acids is 2. The molecule has 2 saturated heterocycles. The molecule has 3 fully saturated rings. The van der Waals surface area contributed by atoms with Gasteiger partial charge in [-0.15, -0.1) is 0 Å². The van der Waals surface area contributed by atoms with E-state index in [2.05, 4.69) is 16.8 Å². The van der Waals surface area contributed by atoms with Crippen LogP contribution in [0.4, 0.5) is 0 Å². The third kappa shape index (κ3) is 2.12. The predicted molar refractivity (Wildman–Crippen MR) is 105 cm³/mol. The van der Waals surface area contributed by atoms with Crippen LogP contribution in [0.25, 0.3) is 10.9 Å². The van der Waals surface area contributed by atoms with Crippen molar-refractivity contribution in [1.29, 1.82) is 0 Å². The molecule has 4 heterocycles. The average Bonchev–Trinajstić information content (AvgIpc) is 3.08. The summed E-state index contributed by atoms with van der Waals surface area (Å²) in [5, 5.41) is 0.834. The number of nitrogens with one attached hydrogen (secondary N) is 1. The van der Waals surface area contributed by atoms with Crippen molar-refractivity contribution in [1.82, 2.24) is 9.88 Å². The van der Waals surface area contributed by atoms with Gasteiger partial charge in [0.25, 0.3) is 0 Å². The summed E-state index contributed by atoms with van der Waals surface area (Å²) in [5.74, 6) is 1.33. The Bertz CT molecular complexity index is 980. The first-order chi connectivity index (χ1) is 13.5. The molecule has 4 bridgehead atoms. The molecular formula is C22H26N2O4. The van der Waals surface area contributed by atoms with Gasteiger partial charge in [-0.05, 0) is 42.9 Å². The van der Waals surface area contributed by atoms with E-state index in [-0.39, 0.29) is 17.8 Å². The van der Waals surface area contributed by atoms with Crippen LogP contribution in [0.2, 0.25) is 0 Å². The molecule has 1 saturated carbocycles. The Morgan fingerprint density at radius 3 is 2.89 bits per heavy atom. The number of benzene rings is 1. The third-order valence-corrected chi connectivity index (χ3v) is 7.24. The molecule has 4 aliphatic rings. The van der Waals surface area contributed by atoms with Gasteiger partial charge in [0.05, 0.1) is 20.8 Å². The maximum Gasteiger partial charge on any atom is 0.319 e. The highest BCUT2D eigenvalue weighted by Crippen LogP contribution is 2.55. The number of Topliss-reactive ketones (excluding diaryl/α,β-unsaturated/α-hetero) is 1. The lowest BCUT2D eigenvalue weighted by atomic mass is 9.56. The number of piperidine rings is 2. The van der Waals surface area contributed by atoms with Crippen LogP contribution in [0.5, 0.6) is 5.75 Å². The van der Waals surface area contributed by atoms with E-state index in [4.69, 9.17) is 9.47 Å². The van der Waals surface area contributed by atoms with Crippen LogP contribution < -0.4 is 4.74 Å². The monoisotopic (exact) mass is 382 g/mol. The maximum atomic E-state index is 13.4. The standard InChI is InChI=1S/C22H26N2O4/c1-4-13-7-12-9-22(21(26)28-3)19-18(17(25)11-24(10-12)20(13)22)15-8-14(27-2)5-6-16(15)23-19/h5-6,8,12-13,20,23H,4,7,9-11H2,1-3H3/t12?,13?,20?,22-/m1/s1. The van der Waals surface area contributed by atoms with Crippen molar-refractivity contribution in [3.63, 3.8) is 0 Å². The zero-order valence-corrected chi connectivity index (χ0v) is 16.6. The lowest BCUT2D eigenvalue weighted by Crippen LogP contribution is -2.67. The molecule has 148 valence electrons. The van der Waals surface area contributed by atoms with E-state index in [1.165, 1.54) is 7.11 Å². The van der Waals surface area contributed by atoms with E-state index < -0.39 is 5.41 Å². The van der Waals surface area contributed by atoms with Gasteiger partial charge in [-0.1, -0.05) is 13.3 Å². The number of hydrogen-bond acceptors (Lipinski definition) is 5. The van der Waals surface area contributed by atoms with Crippen molar-refractivity contribution >= 4 is 22.7 Å². The molecule has 1 N–H and O–H groups in total. The van der Waals surface area contributed by atoms with Crippen molar-refractivity contribution < 1.29 is 19.1 Å². The number of carbonyl (C=O) groups is 2. The van der Waals surface area contributed by atoms with E-state index in [1.807, 2.05) is 18.2 Å². The molecule has 5 atom stereocenters. The highest BCUT2D eigenvalue weighted by Gasteiger charge is 2.63. The first kappa shape index (κ1) is 17.7. The summed E-state index contributed by atoms with van der Waals surface area (Å²) < 4.78 is 10.8. The number of nitrogens with zero attached hydrogens (tertiary/aromatic N) is 1. The van der Waals surface area contributed by atoms with Crippen LogP contribution in [-0.4, -0.2) is 55.0 Å². The zero-order chi connectivity index (χ0) is 19.6. The second-order valence-electron chi connectivity index (χ2n) is 8.52. The molecule has 0 amide bonds. The molecule has 1 aliphatic carbocycles. The number of methoxy groups -OCH3 is 2. The number of hydrogen-bond donors (Lipinski definition) is 1. The number of aromatic amines is 1. The normalized spacial score (nSPS) is 33.5. The fourth-order valence-corrected chi connectivity index (χ4v) is 6.29. The molecule has 1 aromatic carbocycles. The van der Waals surface area contributed by atoms with Crippen LogP contribution in [0.1, 0.15) is 42.2 Å². The molecule has 28 heavy (non-hydrogen) atoms. The minimum Gasteiger partial charge on any atom is -0.497 e. The molecule has 1 aromatic heterocycles. The summed E-state index contributed by atoms with van der Waals surface area (Å²) >= 11 is 0. The van der Waals surface area contributed by atoms with Crippen molar-refractivity contribution in [3.8, 4) is 5.75 Å². The number of rotatable bonds is 3. The SMILES string of the molecule is CCC1CC2CN3CC(=O)c4c([nH]c5ccc(OC)cc45)[C@](C(=O)OC)(C2)C13. The fourth-order valence-electron chi connectivity index (χ4n) is 6.29. The molecule has 6 rings (SSSR count). The molecule has 6 nitrogen and oxygen atoms in total. The van der Waals surface area contributed by atoms with Crippen molar-refractivity contribution in [2.75, 3.05) is 27.3 Å². The number of H-pyrrole nitrogens is 1. The molecular weight excluding hydrogens is 356 g/mol. The Kier molecular flexibility index (Phi) is 3.85. The van der Waals surface area contributed by atoms with Crippen LogP contribution in [0.3, 0.4) is 0 Å². The summed E-state index contributed by atoms with van der Waals surface area (Å²) in [6, 6.07) is 5.70. The summed E-state index contributed by atoms with van der Waals surface area (Å²) in [7, 11) is 3.08. The quantitative estimate of drug-likeness (QED) is 0.827. The summed E-state index contributed by atoms with van der Waals surface area (Å²) in [4.78, 5) is 32.5. The number of fused-ring (bicyclic) bond motifs is 4.